The van der Waals surface area contributed by atoms with E-state index in [2.05, 4.69) is 65.6 Å². The standard InChI is InChI=1S/C19H32N4.HI/c1-4-12-21-19(20-5-2)22-15-17-6-8-18(9-7-17)23-13-10-16(3)11-14-23;/h6-9,16H,4-5,10-15H2,1-3H3,(H2,20,21,22);1H. The number of hydrogen-bond acceptors (Lipinski definition) is 2. The Morgan fingerprint density at radius 3 is 2.38 bits per heavy atom. The fourth-order valence-electron chi connectivity index (χ4n) is 2.83. The molecule has 24 heavy (non-hydrogen) atoms. The Morgan fingerprint density at radius 2 is 1.79 bits per heavy atom. The molecule has 1 heterocycles. The smallest absolute Gasteiger partial charge is 0.191 e. The minimum absolute atomic E-state index is 0. The second kappa shape index (κ2) is 11.6. The quantitative estimate of drug-likeness (QED) is 0.396. The first-order valence-corrected chi connectivity index (χ1v) is 9.09. The normalized spacial score (nSPS) is 15.8. The second-order valence-corrected chi connectivity index (χ2v) is 6.46. The number of rotatable bonds is 6. The maximum absolute atomic E-state index is 4.65. The van der Waals surface area contributed by atoms with Crippen LogP contribution in [0.5, 0.6) is 0 Å². The van der Waals surface area contributed by atoms with Gasteiger partial charge in [-0.15, -0.1) is 24.0 Å². The van der Waals surface area contributed by atoms with Crippen molar-refractivity contribution in [3.8, 4) is 0 Å². The van der Waals surface area contributed by atoms with E-state index in [1.54, 1.807) is 0 Å². The van der Waals surface area contributed by atoms with E-state index in [0.29, 0.717) is 0 Å². The zero-order chi connectivity index (χ0) is 16.5. The van der Waals surface area contributed by atoms with E-state index in [0.717, 1.165) is 37.9 Å². The van der Waals surface area contributed by atoms with Crippen LogP contribution in [0, 0.1) is 5.92 Å². The van der Waals surface area contributed by atoms with Crippen LogP contribution >= 0.6 is 24.0 Å². The number of halogens is 1. The average molecular weight is 444 g/mol. The van der Waals surface area contributed by atoms with Gasteiger partial charge < -0.3 is 15.5 Å². The van der Waals surface area contributed by atoms with Crippen LogP contribution in [0.3, 0.4) is 0 Å². The summed E-state index contributed by atoms with van der Waals surface area (Å²) < 4.78 is 0. The molecule has 0 saturated carbocycles. The lowest BCUT2D eigenvalue weighted by Gasteiger charge is -2.32. The van der Waals surface area contributed by atoms with Crippen molar-refractivity contribution in [3.63, 3.8) is 0 Å². The van der Waals surface area contributed by atoms with Gasteiger partial charge in [0, 0.05) is 31.9 Å². The van der Waals surface area contributed by atoms with Crippen molar-refractivity contribution in [1.29, 1.82) is 0 Å². The Hall–Kier alpha value is -0.980. The molecule has 0 aliphatic carbocycles. The predicted octanol–water partition coefficient (Wildman–Crippen LogP) is 4.01. The van der Waals surface area contributed by atoms with E-state index in [-0.39, 0.29) is 24.0 Å². The van der Waals surface area contributed by atoms with Gasteiger partial charge in [-0.1, -0.05) is 26.0 Å². The fraction of sp³-hybridized carbons (Fsp3) is 0.632. The lowest BCUT2D eigenvalue weighted by Crippen LogP contribution is -2.37. The first kappa shape index (κ1) is 21.1. The predicted molar refractivity (Wildman–Crippen MR) is 116 cm³/mol. The summed E-state index contributed by atoms with van der Waals surface area (Å²) in [6, 6.07) is 8.90. The summed E-state index contributed by atoms with van der Waals surface area (Å²) in [5.41, 5.74) is 2.61. The highest BCUT2D eigenvalue weighted by atomic mass is 127. The highest BCUT2D eigenvalue weighted by Gasteiger charge is 2.15. The summed E-state index contributed by atoms with van der Waals surface area (Å²) in [4.78, 5) is 7.15. The van der Waals surface area contributed by atoms with E-state index in [1.165, 1.54) is 37.2 Å². The molecule has 0 amide bonds. The summed E-state index contributed by atoms with van der Waals surface area (Å²) >= 11 is 0. The number of benzene rings is 1. The van der Waals surface area contributed by atoms with Crippen LogP contribution in [0.4, 0.5) is 5.69 Å². The maximum Gasteiger partial charge on any atom is 0.191 e. The van der Waals surface area contributed by atoms with E-state index in [4.69, 9.17) is 0 Å². The van der Waals surface area contributed by atoms with Gasteiger partial charge in [0.2, 0.25) is 0 Å². The number of piperidine rings is 1. The Bertz CT molecular complexity index is 479. The Balaban J connectivity index is 0.00000288. The van der Waals surface area contributed by atoms with Crippen LogP contribution in [0.15, 0.2) is 29.3 Å². The summed E-state index contributed by atoms with van der Waals surface area (Å²) in [6.45, 7) is 11.5. The highest BCUT2D eigenvalue weighted by molar-refractivity contribution is 14.0. The van der Waals surface area contributed by atoms with E-state index >= 15 is 0 Å². The van der Waals surface area contributed by atoms with Gasteiger partial charge >= 0.3 is 0 Å². The molecule has 2 N–H and O–H groups in total. The maximum atomic E-state index is 4.65. The molecule has 0 bridgehead atoms. The first-order chi connectivity index (χ1) is 11.2. The number of anilines is 1. The molecule has 1 aliphatic rings. The van der Waals surface area contributed by atoms with Crippen molar-refractivity contribution in [2.45, 2.75) is 46.6 Å². The summed E-state index contributed by atoms with van der Waals surface area (Å²) in [5, 5.41) is 6.62. The molecule has 1 aromatic rings. The molecule has 4 nitrogen and oxygen atoms in total. The summed E-state index contributed by atoms with van der Waals surface area (Å²) in [6.07, 6.45) is 3.72. The third-order valence-corrected chi connectivity index (χ3v) is 4.39. The Morgan fingerprint density at radius 1 is 1.12 bits per heavy atom. The zero-order valence-corrected chi connectivity index (χ0v) is 17.7. The highest BCUT2D eigenvalue weighted by Crippen LogP contribution is 2.23. The SMILES string of the molecule is CCCNC(=NCc1ccc(N2CCC(C)CC2)cc1)NCC.I. The van der Waals surface area contributed by atoms with Gasteiger partial charge in [-0.2, -0.15) is 0 Å². The number of guanidine groups is 1. The fourth-order valence-corrected chi connectivity index (χ4v) is 2.83. The molecule has 0 unspecified atom stereocenters. The van der Waals surface area contributed by atoms with Crippen molar-refractivity contribution >= 4 is 35.6 Å². The molecule has 0 spiro atoms. The molecule has 5 heteroatoms. The minimum atomic E-state index is 0. The van der Waals surface area contributed by atoms with Gasteiger partial charge in [0.05, 0.1) is 6.54 Å². The van der Waals surface area contributed by atoms with E-state index < -0.39 is 0 Å². The first-order valence-electron chi connectivity index (χ1n) is 9.09. The van der Waals surface area contributed by atoms with Gasteiger partial charge in [0.15, 0.2) is 5.96 Å². The van der Waals surface area contributed by atoms with Gasteiger partial charge in [-0.05, 0) is 49.8 Å². The van der Waals surface area contributed by atoms with Crippen LogP contribution in [0.25, 0.3) is 0 Å². The summed E-state index contributed by atoms with van der Waals surface area (Å²) in [7, 11) is 0. The van der Waals surface area contributed by atoms with Crippen molar-refractivity contribution < 1.29 is 0 Å². The molecule has 1 fully saturated rings. The van der Waals surface area contributed by atoms with E-state index in [1.807, 2.05) is 0 Å². The number of nitrogens with zero attached hydrogens (tertiary/aromatic N) is 2. The Kier molecular flexibility index (Phi) is 10.1. The molecular weight excluding hydrogens is 411 g/mol. The molecular formula is C19H33IN4. The molecule has 1 saturated heterocycles. The third kappa shape index (κ3) is 6.87. The van der Waals surface area contributed by atoms with Gasteiger partial charge in [0.25, 0.3) is 0 Å². The van der Waals surface area contributed by atoms with Crippen LogP contribution in [0.2, 0.25) is 0 Å². The summed E-state index contributed by atoms with van der Waals surface area (Å²) in [5.74, 6) is 1.78. The lowest BCUT2D eigenvalue weighted by atomic mass is 9.99. The minimum Gasteiger partial charge on any atom is -0.372 e. The van der Waals surface area contributed by atoms with Gasteiger partial charge in [-0.25, -0.2) is 4.99 Å². The van der Waals surface area contributed by atoms with Gasteiger partial charge in [-0.3, -0.25) is 0 Å². The van der Waals surface area contributed by atoms with Crippen molar-refractivity contribution in [2.24, 2.45) is 10.9 Å². The molecule has 1 aliphatic heterocycles. The lowest BCUT2D eigenvalue weighted by molar-refractivity contribution is 0.438. The number of hydrogen-bond donors (Lipinski definition) is 2. The molecule has 0 radical (unpaired) electrons. The second-order valence-electron chi connectivity index (χ2n) is 6.46. The zero-order valence-electron chi connectivity index (χ0n) is 15.3. The van der Waals surface area contributed by atoms with E-state index in [9.17, 15) is 0 Å². The number of nitrogens with one attached hydrogen (secondary N) is 2. The van der Waals surface area contributed by atoms with Crippen molar-refractivity contribution in [3.05, 3.63) is 29.8 Å². The molecule has 1 aromatic carbocycles. The van der Waals surface area contributed by atoms with Crippen molar-refractivity contribution in [1.82, 2.24) is 10.6 Å². The average Bonchev–Trinajstić information content (AvgIpc) is 2.58. The largest absolute Gasteiger partial charge is 0.372 e. The van der Waals surface area contributed by atoms with Crippen LogP contribution < -0.4 is 15.5 Å². The Labute approximate surface area is 164 Å². The van der Waals surface area contributed by atoms with Crippen molar-refractivity contribution in [2.75, 3.05) is 31.1 Å². The molecule has 0 aromatic heterocycles. The molecule has 2 rings (SSSR count). The topological polar surface area (TPSA) is 39.7 Å². The molecule has 0 atom stereocenters. The molecule has 136 valence electrons. The monoisotopic (exact) mass is 444 g/mol. The third-order valence-electron chi connectivity index (χ3n) is 4.39. The van der Waals surface area contributed by atoms with Crippen LogP contribution in [0.1, 0.15) is 45.6 Å². The van der Waals surface area contributed by atoms with Crippen LogP contribution in [-0.2, 0) is 6.54 Å². The number of aliphatic imine (C=N–C) groups is 1. The van der Waals surface area contributed by atoms with Crippen LogP contribution in [-0.4, -0.2) is 32.1 Å². The van der Waals surface area contributed by atoms with Gasteiger partial charge in [0.1, 0.15) is 0 Å².